The lowest BCUT2D eigenvalue weighted by molar-refractivity contribution is -0.145. The van der Waals surface area contributed by atoms with E-state index >= 15 is 0 Å². The molecule has 1 aromatic carbocycles. The third-order valence-corrected chi connectivity index (χ3v) is 6.62. The summed E-state index contributed by atoms with van der Waals surface area (Å²) in [5.41, 5.74) is 0.344. The van der Waals surface area contributed by atoms with Gasteiger partial charge < -0.3 is 19.8 Å². The molecule has 1 aromatic heterocycles. The molecule has 30 heavy (non-hydrogen) atoms. The minimum Gasteiger partial charge on any atom is -0.396 e. The average Bonchev–Trinajstić information content (AvgIpc) is 3.32. The van der Waals surface area contributed by atoms with Crippen LogP contribution in [-0.4, -0.2) is 56.5 Å². The van der Waals surface area contributed by atoms with Crippen LogP contribution in [0.3, 0.4) is 0 Å². The van der Waals surface area contributed by atoms with Gasteiger partial charge in [0, 0.05) is 50.2 Å². The van der Waals surface area contributed by atoms with E-state index in [1.54, 1.807) is 30.5 Å². The molecule has 1 fully saturated rings. The summed E-state index contributed by atoms with van der Waals surface area (Å²) in [5, 5.41) is 28.2. The van der Waals surface area contributed by atoms with Crippen LogP contribution in [0.1, 0.15) is 38.4 Å². The van der Waals surface area contributed by atoms with E-state index in [-0.39, 0.29) is 30.5 Å². The number of carbonyl (C=O) groups excluding carboxylic acids is 1. The number of ether oxygens (including phenoxy) is 1. The quantitative estimate of drug-likeness (QED) is 0.743. The van der Waals surface area contributed by atoms with Crippen molar-refractivity contribution in [1.29, 1.82) is 0 Å². The molecule has 0 saturated carbocycles. The number of anilines is 1. The maximum Gasteiger partial charge on any atom is 0.264 e. The zero-order chi connectivity index (χ0) is 21.7. The molecule has 0 bridgehead atoms. The summed E-state index contributed by atoms with van der Waals surface area (Å²) >= 11 is 0. The van der Waals surface area contributed by atoms with Crippen molar-refractivity contribution in [2.75, 3.05) is 18.6 Å². The first kappa shape index (κ1) is 21.0. The number of benzene rings is 1. The van der Waals surface area contributed by atoms with Gasteiger partial charge in [-0.1, -0.05) is 30.3 Å². The van der Waals surface area contributed by atoms with Crippen LogP contribution >= 0.6 is 0 Å². The van der Waals surface area contributed by atoms with Gasteiger partial charge in [0.25, 0.3) is 5.91 Å². The molecule has 0 aliphatic carbocycles. The molecule has 1 amide bonds. The highest BCUT2D eigenvalue weighted by Crippen LogP contribution is 2.57. The van der Waals surface area contributed by atoms with E-state index in [0.717, 1.165) is 16.9 Å². The highest BCUT2D eigenvalue weighted by atomic mass is 16.5. The number of aromatic nitrogens is 3. The summed E-state index contributed by atoms with van der Waals surface area (Å²) in [7, 11) is 1.77. The molecule has 1 saturated heterocycles. The maximum absolute atomic E-state index is 13.4. The average molecular weight is 415 g/mol. The topological polar surface area (TPSA) is 101 Å². The standard InChI is InChI=1S/C22H30N4O4/c1-14-19(21(2,3)29)18(9-11-26-13-15(10-12-27)23-24-26)30-22(14)16-7-5-6-8-17(16)25(4)20(22)28/h5-8,13-14,18-19,27,29H,9-12H2,1-4H3/t14-,18+,19-,22+/m1/s1. The van der Waals surface area contributed by atoms with Gasteiger partial charge in [0.2, 0.25) is 0 Å². The Kier molecular flexibility index (Phi) is 5.20. The maximum atomic E-state index is 13.4. The molecule has 1 spiro atoms. The summed E-state index contributed by atoms with van der Waals surface area (Å²) in [5.74, 6) is -0.526. The van der Waals surface area contributed by atoms with Crippen molar-refractivity contribution in [2.45, 2.75) is 57.5 Å². The van der Waals surface area contributed by atoms with Gasteiger partial charge in [0.1, 0.15) is 0 Å². The van der Waals surface area contributed by atoms with Gasteiger partial charge in [0.05, 0.1) is 23.1 Å². The summed E-state index contributed by atoms with van der Waals surface area (Å²) in [6.07, 6.45) is 2.54. The largest absolute Gasteiger partial charge is 0.396 e. The molecule has 2 aliphatic rings. The Morgan fingerprint density at radius 2 is 2.03 bits per heavy atom. The number of carbonyl (C=O) groups is 1. The molecule has 8 heteroatoms. The molecule has 2 aromatic rings. The van der Waals surface area contributed by atoms with E-state index < -0.39 is 11.2 Å². The number of aliphatic hydroxyl groups excluding tert-OH is 1. The van der Waals surface area contributed by atoms with Gasteiger partial charge in [-0.15, -0.1) is 5.10 Å². The van der Waals surface area contributed by atoms with Crippen LogP contribution in [-0.2, 0) is 28.1 Å². The second kappa shape index (κ2) is 7.44. The van der Waals surface area contributed by atoms with E-state index in [9.17, 15) is 9.90 Å². The van der Waals surface area contributed by atoms with Gasteiger partial charge in [-0.25, -0.2) is 0 Å². The number of hydrogen-bond donors (Lipinski definition) is 2. The van der Waals surface area contributed by atoms with Crippen molar-refractivity contribution in [3.8, 4) is 0 Å². The van der Waals surface area contributed by atoms with Crippen LogP contribution in [0.2, 0.25) is 0 Å². The monoisotopic (exact) mass is 414 g/mol. The predicted octanol–water partition coefficient (Wildman–Crippen LogP) is 1.50. The minimum atomic E-state index is -1.09. The van der Waals surface area contributed by atoms with E-state index in [1.165, 1.54) is 0 Å². The molecule has 162 valence electrons. The van der Waals surface area contributed by atoms with Crippen molar-refractivity contribution in [1.82, 2.24) is 15.0 Å². The minimum absolute atomic E-state index is 0.0281. The number of rotatable bonds is 6. The van der Waals surface area contributed by atoms with Gasteiger partial charge in [-0.3, -0.25) is 9.48 Å². The number of para-hydroxylation sites is 1. The number of amides is 1. The van der Waals surface area contributed by atoms with Crippen LogP contribution in [0.5, 0.6) is 0 Å². The highest BCUT2D eigenvalue weighted by Gasteiger charge is 2.65. The number of fused-ring (bicyclic) bond motifs is 2. The number of nitrogens with zero attached hydrogens (tertiary/aromatic N) is 4. The first-order valence-electron chi connectivity index (χ1n) is 10.5. The van der Waals surface area contributed by atoms with E-state index in [2.05, 4.69) is 10.3 Å². The molecule has 0 radical (unpaired) electrons. The molecule has 4 atom stereocenters. The summed E-state index contributed by atoms with van der Waals surface area (Å²) < 4.78 is 8.32. The van der Waals surface area contributed by atoms with Crippen LogP contribution in [0.4, 0.5) is 5.69 Å². The Hall–Kier alpha value is -2.29. The van der Waals surface area contributed by atoms with Crippen LogP contribution in [0.25, 0.3) is 0 Å². The number of aliphatic hydroxyl groups is 2. The molecule has 4 rings (SSSR count). The normalized spacial score (nSPS) is 28.5. The highest BCUT2D eigenvalue weighted by molar-refractivity contribution is 6.07. The molecule has 3 heterocycles. The van der Waals surface area contributed by atoms with Crippen molar-refractivity contribution in [3.05, 3.63) is 41.7 Å². The van der Waals surface area contributed by atoms with E-state index in [4.69, 9.17) is 9.84 Å². The lowest BCUT2D eigenvalue weighted by atomic mass is 9.71. The molecule has 2 N–H and O–H groups in total. The summed E-state index contributed by atoms with van der Waals surface area (Å²) in [4.78, 5) is 15.1. The summed E-state index contributed by atoms with van der Waals surface area (Å²) in [6.45, 7) is 6.15. The third-order valence-electron chi connectivity index (χ3n) is 6.62. The first-order valence-corrected chi connectivity index (χ1v) is 10.5. The lowest BCUT2D eigenvalue weighted by Gasteiger charge is -2.34. The van der Waals surface area contributed by atoms with Gasteiger partial charge in [-0.05, 0) is 26.3 Å². The SMILES string of the molecule is C[C@@H]1[C@@H](C(C)(C)O)[C@H](CCn2cc(CCO)nn2)O[C@@]12C(=O)N(C)c1ccccc12. The lowest BCUT2D eigenvalue weighted by Crippen LogP contribution is -2.45. The fourth-order valence-corrected chi connectivity index (χ4v) is 5.34. The zero-order valence-corrected chi connectivity index (χ0v) is 17.9. The Bertz CT molecular complexity index is 937. The van der Waals surface area contributed by atoms with Crippen LogP contribution in [0.15, 0.2) is 30.5 Å². The predicted molar refractivity (Wildman–Crippen MR) is 111 cm³/mol. The third kappa shape index (κ3) is 3.14. The van der Waals surface area contributed by atoms with E-state index in [1.807, 2.05) is 37.4 Å². The zero-order valence-electron chi connectivity index (χ0n) is 17.9. The van der Waals surface area contributed by atoms with Gasteiger partial charge >= 0.3 is 0 Å². The number of likely N-dealkylation sites (N-methyl/N-ethyl adjacent to an activating group) is 1. The Labute approximate surface area is 176 Å². The second-order valence-corrected chi connectivity index (χ2v) is 8.98. The Balaban J connectivity index is 1.65. The molecule has 0 unspecified atom stereocenters. The fourth-order valence-electron chi connectivity index (χ4n) is 5.34. The van der Waals surface area contributed by atoms with Crippen molar-refractivity contribution < 1.29 is 19.7 Å². The number of aryl methyl sites for hydroxylation is 1. The smallest absolute Gasteiger partial charge is 0.264 e. The molecular formula is C22H30N4O4. The number of hydrogen-bond acceptors (Lipinski definition) is 6. The first-order chi connectivity index (χ1) is 14.2. The van der Waals surface area contributed by atoms with Crippen molar-refractivity contribution >= 4 is 11.6 Å². The van der Waals surface area contributed by atoms with Crippen LogP contribution in [0, 0.1) is 11.8 Å². The molecule has 2 aliphatic heterocycles. The Morgan fingerprint density at radius 1 is 1.30 bits per heavy atom. The van der Waals surface area contributed by atoms with E-state index in [0.29, 0.717) is 19.4 Å². The van der Waals surface area contributed by atoms with Gasteiger partial charge in [-0.2, -0.15) is 0 Å². The molecule has 8 nitrogen and oxygen atoms in total. The molecular weight excluding hydrogens is 384 g/mol. The van der Waals surface area contributed by atoms with Crippen LogP contribution < -0.4 is 4.90 Å². The summed E-state index contributed by atoms with van der Waals surface area (Å²) in [6, 6.07) is 7.73. The fraction of sp³-hybridized carbons (Fsp3) is 0.591. The van der Waals surface area contributed by atoms with Gasteiger partial charge in [0.15, 0.2) is 5.60 Å². The second-order valence-electron chi connectivity index (χ2n) is 8.98. The van der Waals surface area contributed by atoms with Crippen molar-refractivity contribution in [2.24, 2.45) is 11.8 Å². The van der Waals surface area contributed by atoms with Crippen molar-refractivity contribution in [3.63, 3.8) is 0 Å². The Morgan fingerprint density at radius 3 is 2.73 bits per heavy atom.